The van der Waals surface area contributed by atoms with E-state index in [9.17, 15) is 9.90 Å². The highest BCUT2D eigenvalue weighted by atomic mass is 16.5. The minimum absolute atomic E-state index is 0.00204. The van der Waals surface area contributed by atoms with Gasteiger partial charge in [0.2, 0.25) is 0 Å². The average molecular weight is 253 g/mol. The van der Waals surface area contributed by atoms with Gasteiger partial charge < -0.3 is 19.9 Å². The fourth-order valence-electron chi connectivity index (χ4n) is 1.65. The molecule has 0 radical (unpaired) electrons. The number of ether oxygens (including phenoxy) is 2. The fraction of sp³-hybridized carbons (Fsp3) is 0.462. The zero-order valence-corrected chi connectivity index (χ0v) is 10.9. The molecule has 5 heteroatoms. The first-order chi connectivity index (χ1) is 8.63. The summed E-state index contributed by atoms with van der Waals surface area (Å²) in [6.07, 6.45) is 0. The van der Waals surface area contributed by atoms with E-state index in [1.54, 1.807) is 19.1 Å². The van der Waals surface area contributed by atoms with Gasteiger partial charge in [-0.2, -0.15) is 0 Å². The van der Waals surface area contributed by atoms with Crippen molar-refractivity contribution in [1.82, 2.24) is 5.32 Å². The lowest BCUT2D eigenvalue weighted by atomic mass is 10.1. The summed E-state index contributed by atoms with van der Waals surface area (Å²) in [5.41, 5.74) is 0.647. The van der Waals surface area contributed by atoms with Crippen LogP contribution in [0.5, 0.6) is 11.5 Å². The van der Waals surface area contributed by atoms with Crippen LogP contribution < -0.4 is 10.1 Å². The lowest BCUT2D eigenvalue weighted by molar-refractivity contribution is -0.145. The van der Waals surface area contributed by atoms with Gasteiger partial charge in [0.25, 0.3) is 0 Å². The topological polar surface area (TPSA) is 67.8 Å². The van der Waals surface area contributed by atoms with Crippen LogP contribution in [0, 0.1) is 0 Å². The number of esters is 1. The highest BCUT2D eigenvalue weighted by Crippen LogP contribution is 2.29. The average Bonchev–Trinajstić information content (AvgIpc) is 2.36. The molecule has 100 valence electrons. The molecule has 1 atom stereocenters. The van der Waals surface area contributed by atoms with Crippen LogP contribution in [-0.4, -0.2) is 31.3 Å². The van der Waals surface area contributed by atoms with E-state index in [-0.39, 0.29) is 11.7 Å². The summed E-state index contributed by atoms with van der Waals surface area (Å²) < 4.78 is 9.95. The molecule has 0 heterocycles. The van der Waals surface area contributed by atoms with Gasteiger partial charge in [0, 0.05) is 0 Å². The number of benzene rings is 1. The highest BCUT2D eigenvalue weighted by molar-refractivity contribution is 5.78. The Labute approximate surface area is 107 Å². The third-order valence-electron chi connectivity index (χ3n) is 2.47. The molecule has 0 aromatic heterocycles. The molecule has 0 aliphatic carbocycles. The summed E-state index contributed by atoms with van der Waals surface area (Å²) in [6, 6.07) is 4.27. The van der Waals surface area contributed by atoms with Crippen molar-refractivity contribution in [2.45, 2.75) is 19.9 Å². The number of nitrogens with one attached hydrogen (secondary N) is 1. The van der Waals surface area contributed by atoms with Crippen LogP contribution in [0.3, 0.4) is 0 Å². The largest absolute Gasteiger partial charge is 0.504 e. The molecule has 0 spiro atoms. The lowest BCUT2D eigenvalue weighted by Gasteiger charge is -2.17. The Morgan fingerprint density at radius 1 is 1.44 bits per heavy atom. The number of carbonyl (C=O) groups is 1. The minimum Gasteiger partial charge on any atom is -0.504 e. The van der Waals surface area contributed by atoms with Gasteiger partial charge in [0.1, 0.15) is 6.04 Å². The van der Waals surface area contributed by atoms with Crippen LogP contribution in [0.4, 0.5) is 0 Å². The van der Waals surface area contributed by atoms with E-state index in [4.69, 9.17) is 9.47 Å². The van der Waals surface area contributed by atoms with Gasteiger partial charge in [0.05, 0.1) is 13.7 Å². The number of rotatable bonds is 6. The number of likely N-dealkylation sites (N-methyl/N-ethyl adjacent to an activating group) is 1. The SMILES string of the molecule is CCNC(C(=O)OCC)c1ccc(OC)c(O)c1. The van der Waals surface area contributed by atoms with Crippen molar-refractivity contribution >= 4 is 5.97 Å². The van der Waals surface area contributed by atoms with Gasteiger partial charge in [-0.05, 0) is 31.2 Å². The number of methoxy groups -OCH3 is 1. The normalized spacial score (nSPS) is 11.9. The van der Waals surface area contributed by atoms with Crippen molar-refractivity contribution in [3.63, 3.8) is 0 Å². The number of carbonyl (C=O) groups excluding carboxylic acids is 1. The highest BCUT2D eigenvalue weighted by Gasteiger charge is 2.21. The summed E-state index contributed by atoms with van der Waals surface area (Å²) in [7, 11) is 1.47. The van der Waals surface area contributed by atoms with Gasteiger partial charge in [-0.3, -0.25) is 0 Å². The second-order valence-corrected chi connectivity index (χ2v) is 3.67. The van der Waals surface area contributed by atoms with Gasteiger partial charge in [-0.15, -0.1) is 0 Å². The Morgan fingerprint density at radius 2 is 2.17 bits per heavy atom. The van der Waals surface area contributed by atoms with Crippen LogP contribution >= 0.6 is 0 Å². The Bertz CT molecular complexity index is 406. The van der Waals surface area contributed by atoms with Crippen molar-refractivity contribution in [2.75, 3.05) is 20.3 Å². The first-order valence-electron chi connectivity index (χ1n) is 5.90. The monoisotopic (exact) mass is 253 g/mol. The standard InChI is InChI=1S/C13H19NO4/c1-4-14-12(13(16)18-5-2)9-6-7-11(17-3)10(15)8-9/h6-8,12,14-15H,4-5H2,1-3H3. The number of phenolic OH excluding ortho intramolecular Hbond substituents is 1. The molecule has 0 aliphatic heterocycles. The van der Waals surface area contributed by atoms with E-state index in [1.807, 2.05) is 6.92 Å². The Balaban J connectivity index is 2.98. The molecule has 0 saturated heterocycles. The van der Waals surface area contributed by atoms with Gasteiger partial charge in [0.15, 0.2) is 11.5 Å². The van der Waals surface area contributed by atoms with Gasteiger partial charge >= 0.3 is 5.97 Å². The molecule has 0 fully saturated rings. The molecule has 0 saturated carbocycles. The maximum absolute atomic E-state index is 11.8. The van der Waals surface area contributed by atoms with Crippen LogP contribution in [0.2, 0.25) is 0 Å². The maximum atomic E-state index is 11.8. The van der Waals surface area contributed by atoms with E-state index in [0.29, 0.717) is 24.5 Å². The first-order valence-corrected chi connectivity index (χ1v) is 5.90. The molecule has 5 nitrogen and oxygen atoms in total. The molecule has 1 rings (SSSR count). The van der Waals surface area contributed by atoms with Gasteiger partial charge in [-0.25, -0.2) is 4.79 Å². The van der Waals surface area contributed by atoms with E-state index in [2.05, 4.69) is 5.32 Å². The number of hydrogen-bond donors (Lipinski definition) is 2. The maximum Gasteiger partial charge on any atom is 0.327 e. The summed E-state index contributed by atoms with van der Waals surface area (Å²) in [5.74, 6) is 0.0176. The molecular formula is C13H19NO4. The predicted octanol–water partition coefficient (Wildman–Crippen LogP) is 1.61. The molecule has 1 aromatic carbocycles. The third kappa shape index (κ3) is 3.37. The van der Waals surface area contributed by atoms with Crippen LogP contribution in [0.25, 0.3) is 0 Å². The lowest BCUT2D eigenvalue weighted by Crippen LogP contribution is -2.30. The van der Waals surface area contributed by atoms with E-state index >= 15 is 0 Å². The van der Waals surface area contributed by atoms with Crippen LogP contribution in [0.15, 0.2) is 18.2 Å². The van der Waals surface area contributed by atoms with E-state index < -0.39 is 6.04 Å². The smallest absolute Gasteiger partial charge is 0.327 e. The minimum atomic E-state index is -0.577. The first kappa shape index (κ1) is 14.3. The number of hydrogen-bond acceptors (Lipinski definition) is 5. The summed E-state index contributed by atoms with van der Waals surface area (Å²) in [6.45, 7) is 4.60. The molecule has 18 heavy (non-hydrogen) atoms. The molecule has 1 aromatic rings. The molecule has 1 unspecified atom stereocenters. The molecule has 0 bridgehead atoms. The second-order valence-electron chi connectivity index (χ2n) is 3.67. The fourth-order valence-corrected chi connectivity index (χ4v) is 1.65. The van der Waals surface area contributed by atoms with Crippen molar-refractivity contribution in [3.05, 3.63) is 23.8 Å². The van der Waals surface area contributed by atoms with Crippen molar-refractivity contribution < 1.29 is 19.4 Å². The number of phenols is 1. The van der Waals surface area contributed by atoms with Gasteiger partial charge in [-0.1, -0.05) is 13.0 Å². The Kier molecular flexibility index (Phi) is 5.45. The Morgan fingerprint density at radius 3 is 2.67 bits per heavy atom. The predicted molar refractivity (Wildman–Crippen MR) is 67.7 cm³/mol. The summed E-state index contributed by atoms with van der Waals surface area (Å²) in [4.78, 5) is 11.8. The molecule has 0 aliphatic rings. The van der Waals surface area contributed by atoms with Crippen LogP contribution in [-0.2, 0) is 9.53 Å². The summed E-state index contributed by atoms with van der Waals surface area (Å²) >= 11 is 0. The zero-order chi connectivity index (χ0) is 13.5. The molecule has 0 amide bonds. The quantitative estimate of drug-likeness (QED) is 0.754. The Hall–Kier alpha value is -1.75. The zero-order valence-electron chi connectivity index (χ0n) is 10.9. The van der Waals surface area contributed by atoms with Crippen molar-refractivity contribution in [3.8, 4) is 11.5 Å². The molecular weight excluding hydrogens is 234 g/mol. The third-order valence-corrected chi connectivity index (χ3v) is 2.47. The van der Waals surface area contributed by atoms with Crippen LogP contribution in [0.1, 0.15) is 25.5 Å². The van der Waals surface area contributed by atoms with E-state index in [1.165, 1.54) is 13.2 Å². The summed E-state index contributed by atoms with van der Waals surface area (Å²) in [5, 5.41) is 12.7. The molecule has 2 N–H and O–H groups in total. The van der Waals surface area contributed by atoms with Crippen molar-refractivity contribution in [1.29, 1.82) is 0 Å². The second kappa shape index (κ2) is 6.86. The number of aromatic hydroxyl groups is 1. The van der Waals surface area contributed by atoms with Crippen molar-refractivity contribution in [2.24, 2.45) is 0 Å². The van der Waals surface area contributed by atoms with E-state index in [0.717, 1.165) is 0 Å².